The third-order valence-corrected chi connectivity index (χ3v) is 14.1. The zero-order valence-corrected chi connectivity index (χ0v) is 44.3. The summed E-state index contributed by atoms with van der Waals surface area (Å²) in [5, 5.41) is 49.5. The zero-order valence-electron chi connectivity index (χ0n) is 44.3. The molecule has 406 valence electrons. The lowest BCUT2D eigenvalue weighted by molar-refractivity contribution is -0.330. The van der Waals surface area contributed by atoms with Crippen LogP contribution in [0, 0.1) is 11.8 Å². The fourth-order valence-corrected chi connectivity index (χ4v) is 10.6. The number of benzene rings is 3. The van der Waals surface area contributed by atoms with Crippen molar-refractivity contribution in [2.24, 2.45) is 11.8 Å². The summed E-state index contributed by atoms with van der Waals surface area (Å²) in [6.45, 7) is 23.1. The smallest absolute Gasteiger partial charge is 0.340 e. The van der Waals surface area contributed by atoms with Crippen molar-refractivity contribution in [2.45, 2.75) is 180 Å². The van der Waals surface area contributed by atoms with E-state index in [-0.39, 0.29) is 65.7 Å². The van der Waals surface area contributed by atoms with E-state index in [1.54, 1.807) is 24.3 Å². The molecule has 1 spiro atoms. The molecule has 0 aromatic heterocycles. The molecule has 18 heteroatoms. The number of carbonyl (C=O) groups is 3. The number of aliphatic hydroxyl groups is 2. The molecule has 4 heterocycles. The van der Waals surface area contributed by atoms with Gasteiger partial charge in [0.05, 0.1) is 54.9 Å². The van der Waals surface area contributed by atoms with Crippen molar-refractivity contribution in [2.75, 3.05) is 25.1 Å². The molecule has 2 saturated heterocycles. The number of esters is 1. The lowest BCUT2D eigenvalue weighted by Gasteiger charge is -2.49. The SMILES string of the molecule is C=C(C)CCOCC(O)OCC1OC(OC(C)(CC)CCC)C(NC(C)=O)C(OC2CC(O)C(OC(C)(C)CC(C)C)C(C(=O)Nc3ccc4c(c3)C(=O)OC43c4ccc(O)cc4Oc4cc(O)ccc43)O2)C1C. The maximum atomic E-state index is 14.8. The van der Waals surface area contributed by atoms with Crippen LogP contribution in [0.2, 0.25) is 0 Å². The van der Waals surface area contributed by atoms with Gasteiger partial charge in [0.1, 0.15) is 35.1 Å². The quantitative estimate of drug-likeness (QED) is 0.0243. The van der Waals surface area contributed by atoms with Gasteiger partial charge in [0.15, 0.2) is 30.6 Å². The average Bonchev–Trinajstić information content (AvgIpc) is 3.60. The molecule has 4 aliphatic rings. The molecule has 3 aromatic rings. The van der Waals surface area contributed by atoms with Crippen LogP contribution >= 0.6 is 0 Å². The van der Waals surface area contributed by atoms with Gasteiger partial charge < -0.3 is 73.7 Å². The third-order valence-electron chi connectivity index (χ3n) is 14.1. The highest BCUT2D eigenvalue weighted by Crippen LogP contribution is 2.57. The van der Waals surface area contributed by atoms with Gasteiger partial charge in [-0.25, -0.2) is 4.79 Å². The van der Waals surface area contributed by atoms with Crippen molar-refractivity contribution in [3.63, 3.8) is 0 Å². The van der Waals surface area contributed by atoms with Crippen LogP contribution < -0.4 is 15.4 Å². The van der Waals surface area contributed by atoms with Crippen molar-refractivity contribution in [3.8, 4) is 23.0 Å². The largest absolute Gasteiger partial charge is 0.508 e. The van der Waals surface area contributed by atoms with Gasteiger partial charge in [-0.2, -0.15) is 0 Å². The molecule has 18 nitrogen and oxygen atoms in total. The Kier molecular flexibility index (Phi) is 17.9. The monoisotopic (exact) mass is 1030 g/mol. The Labute approximate surface area is 433 Å². The van der Waals surface area contributed by atoms with Gasteiger partial charge in [-0.15, -0.1) is 6.58 Å². The Balaban J connectivity index is 1.19. The highest BCUT2D eigenvalue weighted by molar-refractivity contribution is 6.00. The molecule has 0 saturated carbocycles. The summed E-state index contributed by atoms with van der Waals surface area (Å²) in [7, 11) is 0. The second kappa shape index (κ2) is 23.4. The van der Waals surface area contributed by atoms with E-state index in [4.69, 9.17) is 42.6 Å². The molecule has 0 bridgehead atoms. The molecule has 3 aromatic carbocycles. The minimum Gasteiger partial charge on any atom is -0.508 e. The predicted octanol–water partition coefficient (Wildman–Crippen LogP) is 7.84. The Hall–Kier alpha value is -5.15. The number of hydrogen-bond donors (Lipinski definition) is 6. The van der Waals surface area contributed by atoms with E-state index in [9.17, 15) is 34.8 Å². The molecule has 7 rings (SSSR count). The normalized spacial score (nSPS) is 26.2. The highest BCUT2D eigenvalue weighted by atomic mass is 16.7. The molecule has 6 N–H and O–H groups in total. The number of anilines is 1. The van der Waals surface area contributed by atoms with Crippen LogP contribution in [0.4, 0.5) is 5.69 Å². The number of phenols is 2. The standard InChI is InChI=1S/C56H76N2O16/c1-12-21-55(11,13-2)74-53-47(57-33(8)59)48(32(7)44(69-53)28-67-45(63)29-66-22-20-30(3)4)70-46-26-41(62)49(72-54(9,10)27-31(5)6)50(71-46)51(64)58-34-14-17-38-37(23-34)52(65)73-56(38)39-18-15-35(60)24-42(39)68-43-25-36(61)16-19-40(43)56/h14-19,23-25,31-32,41,44-50,53,60-63H,3,12-13,20-22,26-29H2,1-2,4-11H3,(H,57,59)(H,58,64). The van der Waals surface area contributed by atoms with Gasteiger partial charge in [-0.3, -0.25) is 9.59 Å². The van der Waals surface area contributed by atoms with Crippen molar-refractivity contribution < 1.29 is 77.4 Å². The maximum absolute atomic E-state index is 14.8. The van der Waals surface area contributed by atoms with Crippen molar-refractivity contribution in [3.05, 3.63) is 89.0 Å². The Bertz CT molecular complexity index is 2450. The number of phenolic OH excluding ortho intramolecular Hbond substituents is 2. The number of nitrogens with one attached hydrogen (secondary N) is 2. The van der Waals surface area contributed by atoms with E-state index < -0.39 is 90.0 Å². The fourth-order valence-electron chi connectivity index (χ4n) is 10.6. The van der Waals surface area contributed by atoms with Gasteiger partial charge >= 0.3 is 5.97 Å². The van der Waals surface area contributed by atoms with E-state index in [2.05, 4.69) is 17.2 Å². The molecule has 2 fully saturated rings. The van der Waals surface area contributed by atoms with E-state index in [1.807, 2.05) is 62.3 Å². The van der Waals surface area contributed by atoms with Gasteiger partial charge in [0.2, 0.25) is 5.91 Å². The Morgan fingerprint density at radius 3 is 2.20 bits per heavy atom. The summed E-state index contributed by atoms with van der Waals surface area (Å²) >= 11 is 0. The summed E-state index contributed by atoms with van der Waals surface area (Å²) in [5.74, 6) is -1.89. The van der Waals surface area contributed by atoms with E-state index in [0.29, 0.717) is 49.0 Å². The summed E-state index contributed by atoms with van der Waals surface area (Å²) in [6.07, 6.45) is -6.04. The van der Waals surface area contributed by atoms with Gasteiger partial charge in [-0.05, 0) is 95.7 Å². The van der Waals surface area contributed by atoms with Crippen LogP contribution in [-0.2, 0) is 53.1 Å². The topological polar surface area (TPSA) is 239 Å². The number of aliphatic hydroxyl groups excluding tert-OH is 2. The number of rotatable bonds is 22. The molecular formula is C56H76N2O16. The fraction of sp³-hybridized carbons (Fsp3) is 0.589. The summed E-state index contributed by atoms with van der Waals surface area (Å²) in [6, 6.07) is 12.8. The molecule has 4 aliphatic heterocycles. The second-order valence-corrected chi connectivity index (χ2v) is 21.5. The number of aromatic hydroxyl groups is 2. The molecule has 0 aliphatic carbocycles. The van der Waals surface area contributed by atoms with Crippen LogP contribution in [0.25, 0.3) is 0 Å². The van der Waals surface area contributed by atoms with Crippen LogP contribution in [0.15, 0.2) is 66.7 Å². The molecular weight excluding hydrogens is 957 g/mol. The van der Waals surface area contributed by atoms with Crippen LogP contribution in [0.5, 0.6) is 23.0 Å². The lowest BCUT2D eigenvalue weighted by atomic mass is 9.77. The first kappa shape index (κ1) is 56.6. The van der Waals surface area contributed by atoms with Crippen LogP contribution in [0.3, 0.4) is 0 Å². The maximum Gasteiger partial charge on any atom is 0.340 e. The minimum absolute atomic E-state index is 0.0837. The average molecular weight is 1030 g/mol. The highest BCUT2D eigenvalue weighted by Gasteiger charge is 2.55. The van der Waals surface area contributed by atoms with Gasteiger partial charge in [0, 0.05) is 53.8 Å². The van der Waals surface area contributed by atoms with Gasteiger partial charge in [0.25, 0.3) is 5.91 Å². The number of fused-ring (bicyclic) bond motifs is 6. The number of hydrogen-bond acceptors (Lipinski definition) is 16. The first-order valence-electron chi connectivity index (χ1n) is 25.8. The minimum atomic E-state index is -1.53. The molecule has 11 unspecified atom stereocenters. The second-order valence-electron chi connectivity index (χ2n) is 21.5. The van der Waals surface area contributed by atoms with Gasteiger partial charge in [-0.1, -0.05) is 52.7 Å². The number of ether oxygens (including phenoxy) is 9. The first-order valence-corrected chi connectivity index (χ1v) is 25.8. The molecule has 74 heavy (non-hydrogen) atoms. The number of carbonyl (C=O) groups excluding carboxylic acids is 3. The van der Waals surface area contributed by atoms with Crippen molar-refractivity contribution in [1.29, 1.82) is 0 Å². The zero-order chi connectivity index (χ0) is 53.9. The number of amides is 2. The van der Waals surface area contributed by atoms with E-state index in [1.165, 1.54) is 37.3 Å². The lowest BCUT2D eigenvalue weighted by Crippen LogP contribution is -2.65. The summed E-state index contributed by atoms with van der Waals surface area (Å²) < 4.78 is 57.3. The summed E-state index contributed by atoms with van der Waals surface area (Å²) in [5.41, 5.74) is -0.437. The molecule has 0 radical (unpaired) electrons. The van der Waals surface area contributed by atoms with Crippen LogP contribution in [-0.4, -0.2) is 125 Å². The summed E-state index contributed by atoms with van der Waals surface area (Å²) in [4.78, 5) is 41.8. The van der Waals surface area contributed by atoms with Crippen LogP contribution in [0.1, 0.15) is 135 Å². The first-order chi connectivity index (χ1) is 35.0. The van der Waals surface area contributed by atoms with E-state index in [0.717, 1.165) is 12.0 Å². The Morgan fingerprint density at radius 1 is 0.932 bits per heavy atom. The Morgan fingerprint density at radius 2 is 1.59 bits per heavy atom. The molecule has 11 atom stereocenters. The van der Waals surface area contributed by atoms with E-state index >= 15 is 0 Å². The molecule has 2 amide bonds. The van der Waals surface area contributed by atoms with Crippen molar-refractivity contribution in [1.82, 2.24) is 5.32 Å². The predicted molar refractivity (Wildman–Crippen MR) is 272 cm³/mol. The van der Waals surface area contributed by atoms with Crippen molar-refractivity contribution >= 4 is 23.5 Å². The third kappa shape index (κ3) is 12.7.